The second-order valence-corrected chi connectivity index (χ2v) is 19.0. The number of aryl methyl sites for hydroxylation is 2. The molecule has 13 rings (SSSR count). The first-order valence-corrected chi connectivity index (χ1v) is 22.7. The van der Waals surface area contributed by atoms with E-state index in [1.165, 1.54) is 114 Å². The Hall–Kier alpha value is -6.72. The number of hydrogen-bond acceptors (Lipinski definition) is 2. The van der Waals surface area contributed by atoms with Crippen molar-refractivity contribution in [2.24, 2.45) is 0 Å². The highest BCUT2D eigenvalue weighted by atomic mass is 16.5. The lowest BCUT2D eigenvalue weighted by Crippen LogP contribution is -2.59. The van der Waals surface area contributed by atoms with Gasteiger partial charge in [-0.2, -0.15) is 0 Å². The first-order valence-electron chi connectivity index (χ1n) is 22.7. The van der Waals surface area contributed by atoms with Crippen molar-refractivity contribution in [3.05, 3.63) is 180 Å². The molecular formula is C57H48BN3O. The van der Waals surface area contributed by atoms with Gasteiger partial charge in [-0.05, 0) is 143 Å². The van der Waals surface area contributed by atoms with E-state index in [0.29, 0.717) is 0 Å². The summed E-state index contributed by atoms with van der Waals surface area (Å²) in [5, 5.41) is 2.77. The smallest absolute Gasteiger partial charge is 0.256 e. The Kier molecular flexibility index (Phi) is 7.77. The van der Waals surface area contributed by atoms with Crippen molar-refractivity contribution < 1.29 is 4.74 Å². The van der Waals surface area contributed by atoms with Crippen LogP contribution in [0, 0.1) is 0 Å². The van der Waals surface area contributed by atoms with Crippen LogP contribution in [-0.2, 0) is 31.1 Å². The van der Waals surface area contributed by atoms with E-state index in [2.05, 4.69) is 186 Å². The van der Waals surface area contributed by atoms with Gasteiger partial charge in [0.2, 0.25) is 0 Å². The van der Waals surface area contributed by atoms with Gasteiger partial charge in [0.1, 0.15) is 11.5 Å². The Balaban J connectivity index is 1.11. The summed E-state index contributed by atoms with van der Waals surface area (Å²) in [6, 6.07) is 57.2. The van der Waals surface area contributed by atoms with E-state index in [1.54, 1.807) is 0 Å². The summed E-state index contributed by atoms with van der Waals surface area (Å²) < 4.78 is 12.3. The molecule has 0 bridgehead atoms. The Morgan fingerprint density at radius 3 is 1.85 bits per heavy atom. The summed E-state index contributed by atoms with van der Waals surface area (Å²) in [7, 11) is 0. The van der Waals surface area contributed by atoms with Crippen molar-refractivity contribution in [2.75, 3.05) is 4.90 Å². The van der Waals surface area contributed by atoms with Crippen LogP contribution in [0.15, 0.2) is 152 Å². The van der Waals surface area contributed by atoms with E-state index in [-0.39, 0.29) is 12.1 Å². The molecule has 4 heterocycles. The summed E-state index contributed by atoms with van der Waals surface area (Å²) in [5.74, 6) is 1.86. The maximum absolute atomic E-state index is 7.21. The fourth-order valence-corrected chi connectivity index (χ4v) is 11.6. The van der Waals surface area contributed by atoms with Gasteiger partial charge in [-0.3, -0.25) is 0 Å². The highest BCUT2D eigenvalue weighted by molar-refractivity contribution is 6.99. The van der Waals surface area contributed by atoms with Gasteiger partial charge in [-0.15, -0.1) is 0 Å². The molecule has 0 spiro atoms. The second-order valence-electron chi connectivity index (χ2n) is 19.0. The Morgan fingerprint density at radius 2 is 1.11 bits per heavy atom. The molecule has 2 aromatic heterocycles. The molecular weight excluding hydrogens is 753 g/mol. The van der Waals surface area contributed by atoms with Gasteiger partial charge < -0.3 is 18.8 Å². The Morgan fingerprint density at radius 1 is 0.484 bits per heavy atom. The molecule has 9 aromatic rings. The van der Waals surface area contributed by atoms with Crippen molar-refractivity contribution in [1.82, 2.24) is 9.13 Å². The number of fused-ring (bicyclic) bond motifs is 10. The quantitative estimate of drug-likeness (QED) is 0.165. The maximum atomic E-state index is 7.21. The monoisotopic (exact) mass is 801 g/mol. The van der Waals surface area contributed by atoms with Crippen molar-refractivity contribution in [3.63, 3.8) is 0 Å². The molecule has 0 saturated heterocycles. The average Bonchev–Trinajstić information content (AvgIpc) is 4.00. The lowest BCUT2D eigenvalue weighted by Gasteiger charge is -2.41. The van der Waals surface area contributed by atoms with Crippen LogP contribution in [0.5, 0.6) is 11.5 Å². The van der Waals surface area contributed by atoms with Crippen LogP contribution in [-0.4, -0.2) is 15.8 Å². The van der Waals surface area contributed by atoms with Crippen molar-refractivity contribution >= 4 is 62.0 Å². The highest BCUT2D eigenvalue weighted by Crippen LogP contribution is 2.46. The van der Waals surface area contributed by atoms with Crippen molar-refractivity contribution in [3.8, 4) is 34.0 Å². The highest BCUT2D eigenvalue weighted by Gasteiger charge is 2.43. The molecule has 0 amide bonds. The molecule has 2 aliphatic heterocycles. The number of anilines is 3. The third kappa shape index (κ3) is 5.27. The number of benzene rings is 7. The number of ether oxygens (including phenoxy) is 1. The van der Waals surface area contributed by atoms with Crippen LogP contribution in [0.25, 0.3) is 44.3 Å². The number of aromatic nitrogens is 2. The molecule has 4 aliphatic rings. The summed E-state index contributed by atoms with van der Waals surface area (Å²) in [6.45, 7) is 6.87. The lowest BCUT2D eigenvalue weighted by atomic mass is 9.34. The molecule has 0 fully saturated rings. The fourth-order valence-electron chi connectivity index (χ4n) is 11.6. The first-order chi connectivity index (χ1) is 30.4. The molecule has 2 aliphatic carbocycles. The minimum Gasteiger partial charge on any atom is -0.458 e. The summed E-state index contributed by atoms with van der Waals surface area (Å²) in [4.78, 5) is 2.56. The number of hydrogen-bond donors (Lipinski definition) is 0. The van der Waals surface area contributed by atoms with Crippen LogP contribution in [0.2, 0.25) is 0 Å². The average molecular weight is 802 g/mol. The molecule has 0 N–H and O–H groups in total. The van der Waals surface area contributed by atoms with Crippen LogP contribution >= 0.6 is 0 Å². The van der Waals surface area contributed by atoms with Crippen LogP contribution < -0.4 is 26.0 Å². The lowest BCUT2D eigenvalue weighted by molar-refractivity contribution is 0.487. The Labute approximate surface area is 364 Å². The van der Waals surface area contributed by atoms with E-state index in [4.69, 9.17) is 4.74 Å². The third-order valence-corrected chi connectivity index (χ3v) is 14.5. The van der Waals surface area contributed by atoms with Crippen molar-refractivity contribution in [1.29, 1.82) is 0 Å². The Bertz CT molecular complexity index is 3290. The molecule has 62 heavy (non-hydrogen) atoms. The molecule has 0 radical (unpaired) electrons. The molecule has 300 valence electrons. The minimum atomic E-state index is -0.0296. The zero-order valence-corrected chi connectivity index (χ0v) is 35.7. The molecule has 5 heteroatoms. The summed E-state index contributed by atoms with van der Waals surface area (Å²) >= 11 is 0. The maximum Gasteiger partial charge on any atom is 0.256 e. The van der Waals surface area contributed by atoms with Gasteiger partial charge in [0.05, 0.1) is 16.7 Å². The van der Waals surface area contributed by atoms with E-state index in [9.17, 15) is 0 Å². The van der Waals surface area contributed by atoms with E-state index < -0.39 is 0 Å². The second kappa shape index (κ2) is 13.4. The van der Waals surface area contributed by atoms with E-state index in [1.807, 2.05) is 0 Å². The van der Waals surface area contributed by atoms with Gasteiger partial charge >= 0.3 is 0 Å². The topological polar surface area (TPSA) is 22.3 Å². The number of nitrogens with zero attached hydrogens (tertiary/aromatic N) is 3. The summed E-state index contributed by atoms with van der Waals surface area (Å²) in [5.41, 5.74) is 21.9. The first kappa shape index (κ1) is 36.0. The molecule has 0 unspecified atom stereocenters. The van der Waals surface area contributed by atoms with Crippen LogP contribution in [0.1, 0.15) is 68.1 Å². The van der Waals surface area contributed by atoms with Gasteiger partial charge in [0.15, 0.2) is 0 Å². The van der Waals surface area contributed by atoms with Crippen LogP contribution in [0.3, 0.4) is 0 Å². The SMILES string of the molecule is CC(C)(C)c1ccc(N2c3cc(-n4c5c(c6ccccc64)CCC5)ccc3B3c4cc(-c5ccccc5)ccc4Oc4cc(-n5c6c(c7ccccc75)CCCC6)cc2c43)cc1. The van der Waals surface area contributed by atoms with Gasteiger partial charge in [0, 0.05) is 51.0 Å². The predicted octanol–water partition coefficient (Wildman–Crippen LogP) is 12.3. The molecule has 4 nitrogen and oxygen atoms in total. The fraction of sp³-hybridized carbons (Fsp3) is 0.193. The standard InChI is InChI=1S/C57H48BN3O/c1-57(2,3)38-25-27-39(28-26-38)59-52-33-40(60-48-20-10-7-18-44(48)45-19-13-23-51(45)60)29-30-46(52)58-47-32-37(36-14-5-4-6-15-36)24-31-54(47)62-55-35-41(34-53(59)56(55)58)61-49-21-11-8-16-42(49)43-17-9-12-22-50(43)61/h4-8,10-11,14-16,18,20-21,24-35H,9,12-13,17,19,22-23H2,1-3H3. The molecule has 7 aromatic carbocycles. The predicted molar refractivity (Wildman–Crippen MR) is 259 cm³/mol. The van der Waals surface area contributed by atoms with Gasteiger partial charge in [-0.25, -0.2) is 0 Å². The van der Waals surface area contributed by atoms with Crippen LogP contribution in [0.4, 0.5) is 17.1 Å². The molecule has 0 saturated carbocycles. The molecule has 0 atom stereocenters. The summed E-state index contributed by atoms with van der Waals surface area (Å²) in [6.07, 6.45) is 8.07. The van der Waals surface area contributed by atoms with E-state index in [0.717, 1.165) is 48.6 Å². The minimum absolute atomic E-state index is 0.0296. The van der Waals surface area contributed by atoms with Gasteiger partial charge in [-0.1, -0.05) is 118 Å². The van der Waals surface area contributed by atoms with Gasteiger partial charge in [0.25, 0.3) is 6.71 Å². The van der Waals surface area contributed by atoms with Crippen molar-refractivity contribution in [2.45, 2.75) is 71.1 Å². The number of para-hydroxylation sites is 2. The number of rotatable bonds is 4. The zero-order valence-electron chi connectivity index (χ0n) is 35.7. The normalized spacial score (nSPS) is 15.0. The zero-order chi connectivity index (χ0) is 41.3. The van der Waals surface area contributed by atoms with E-state index >= 15 is 0 Å². The third-order valence-electron chi connectivity index (χ3n) is 14.5. The largest absolute Gasteiger partial charge is 0.458 e.